The molecule has 0 radical (unpaired) electrons. The molecule has 0 aliphatic rings. The largest absolute Gasteiger partial charge is 0.495 e. The molecule has 16 heavy (non-hydrogen) atoms. The van der Waals surface area contributed by atoms with E-state index in [4.69, 9.17) is 16.3 Å². The van der Waals surface area contributed by atoms with Crippen molar-refractivity contribution in [3.05, 3.63) is 40.8 Å². The molecule has 1 nitrogen and oxygen atoms in total. The number of hydrogen-bond acceptors (Lipinski definition) is 2. The fraction of sp³-hybridized carbons (Fsp3) is 0.231. The minimum Gasteiger partial charge on any atom is -0.495 e. The zero-order valence-corrected chi connectivity index (χ0v) is 10.9. The summed E-state index contributed by atoms with van der Waals surface area (Å²) in [7, 11) is 1.69. The molecule has 2 rings (SSSR count). The maximum atomic E-state index is 5.86. The van der Waals surface area contributed by atoms with E-state index in [9.17, 15) is 0 Å². The van der Waals surface area contributed by atoms with Gasteiger partial charge in [-0.2, -0.15) is 0 Å². The van der Waals surface area contributed by atoms with Gasteiger partial charge in [0.25, 0.3) is 0 Å². The molecule has 0 N–H and O–H groups in total. The molecule has 1 heterocycles. The van der Waals surface area contributed by atoms with E-state index in [-0.39, 0.29) is 0 Å². The minimum absolute atomic E-state index is 0.492. The smallest absolute Gasteiger partial charge is 0.141 e. The van der Waals surface area contributed by atoms with E-state index in [2.05, 4.69) is 36.6 Å². The van der Waals surface area contributed by atoms with Gasteiger partial charge >= 0.3 is 0 Å². The topological polar surface area (TPSA) is 9.23 Å². The summed E-state index contributed by atoms with van der Waals surface area (Å²) >= 11 is 7.54. The molecule has 0 atom stereocenters. The van der Waals surface area contributed by atoms with E-state index >= 15 is 0 Å². The average Bonchev–Trinajstić information content (AvgIpc) is 2.72. The maximum absolute atomic E-state index is 5.86. The summed E-state index contributed by atoms with van der Waals surface area (Å²) in [5.41, 5.74) is 3.50. The molecule has 0 fully saturated rings. The summed E-state index contributed by atoms with van der Waals surface area (Å²) in [5.74, 6) is 1.40. The quantitative estimate of drug-likeness (QED) is 0.733. The first-order valence-electron chi connectivity index (χ1n) is 5.03. The first-order valence-corrected chi connectivity index (χ1v) is 6.45. The number of halogens is 1. The van der Waals surface area contributed by atoms with E-state index < -0.39 is 0 Å². The Morgan fingerprint density at radius 3 is 2.50 bits per heavy atom. The van der Waals surface area contributed by atoms with Crippen molar-refractivity contribution in [1.82, 2.24) is 0 Å². The summed E-state index contributed by atoms with van der Waals surface area (Å²) in [5, 5.41) is 2.06. The van der Waals surface area contributed by atoms with Gasteiger partial charge in [0, 0.05) is 5.56 Å². The van der Waals surface area contributed by atoms with Gasteiger partial charge in [-0.3, -0.25) is 0 Å². The van der Waals surface area contributed by atoms with Gasteiger partial charge in [-0.05, 0) is 17.9 Å². The lowest BCUT2D eigenvalue weighted by atomic mass is 10.1. The first kappa shape index (κ1) is 11.5. The molecule has 1 aromatic heterocycles. The second-order valence-electron chi connectivity index (χ2n) is 3.62. The predicted octanol–water partition coefficient (Wildman–Crippen LogP) is 4.47. The third-order valence-corrected chi connectivity index (χ3v) is 3.83. The monoisotopic (exact) mass is 252 g/mol. The summed E-state index contributed by atoms with van der Waals surface area (Å²) in [6, 6.07) is 8.44. The Labute approximate surface area is 105 Å². The molecule has 84 valence electrons. The Morgan fingerprint density at radius 2 is 1.94 bits per heavy atom. The average molecular weight is 253 g/mol. The summed E-state index contributed by atoms with van der Waals surface area (Å²) in [6.45, 7) is 2.08. The fourth-order valence-corrected chi connectivity index (χ4v) is 2.94. The Kier molecular flexibility index (Phi) is 3.52. The van der Waals surface area contributed by atoms with Crippen LogP contribution in [-0.4, -0.2) is 7.11 Å². The lowest BCUT2D eigenvalue weighted by Gasteiger charge is -2.05. The molecule has 1 aromatic carbocycles. The Bertz CT molecular complexity index is 473. The number of rotatable bonds is 3. The highest BCUT2D eigenvalue weighted by molar-refractivity contribution is 7.14. The van der Waals surface area contributed by atoms with Crippen molar-refractivity contribution in [2.45, 2.75) is 12.8 Å². The predicted molar refractivity (Wildman–Crippen MR) is 70.6 cm³/mol. The molecule has 0 saturated heterocycles. The maximum Gasteiger partial charge on any atom is 0.141 e. The van der Waals surface area contributed by atoms with Crippen molar-refractivity contribution in [2.24, 2.45) is 0 Å². The molecule has 0 amide bonds. The SMILES string of the molecule is COc1c(CCl)csc1-c1ccc(C)cc1. The van der Waals surface area contributed by atoms with Gasteiger partial charge in [0.05, 0.1) is 17.9 Å². The van der Waals surface area contributed by atoms with Gasteiger partial charge in [-0.15, -0.1) is 22.9 Å². The normalized spacial score (nSPS) is 10.4. The van der Waals surface area contributed by atoms with Gasteiger partial charge in [-0.25, -0.2) is 0 Å². The van der Waals surface area contributed by atoms with E-state index in [0.717, 1.165) is 16.2 Å². The number of ether oxygens (including phenoxy) is 1. The van der Waals surface area contributed by atoms with Crippen molar-refractivity contribution in [3.63, 3.8) is 0 Å². The highest BCUT2D eigenvalue weighted by Crippen LogP contribution is 2.39. The number of hydrogen-bond donors (Lipinski definition) is 0. The van der Waals surface area contributed by atoms with E-state index in [1.165, 1.54) is 11.1 Å². The molecule has 0 unspecified atom stereocenters. The standard InChI is InChI=1S/C13H13ClOS/c1-9-3-5-10(6-4-9)13-12(15-2)11(7-14)8-16-13/h3-6,8H,7H2,1-2H3. The van der Waals surface area contributed by atoms with Crippen LogP contribution < -0.4 is 4.74 Å². The van der Waals surface area contributed by atoms with Crippen LogP contribution in [0.15, 0.2) is 29.6 Å². The lowest BCUT2D eigenvalue weighted by Crippen LogP contribution is -1.87. The van der Waals surface area contributed by atoms with Crippen LogP contribution in [0.25, 0.3) is 10.4 Å². The van der Waals surface area contributed by atoms with E-state index in [0.29, 0.717) is 5.88 Å². The number of methoxy groups -OCH3 is 1. The fourth-order valence-electron chi connectivity index (χ4n) is 1.60. The number of thiophene rings is 1. The molecular formula is C13H13ClOS. The third-order valence-electron chi connectivity index (χ3n) is 2.48. The molecule has 0 aliphatic heterocycles. The van der Waals surface area contributed by atoms with Gasteiger partial charge < -0.3 is 4.74 Å². The zero-order chi connectivity index (χ0) is 11.5. The number of aryl methyl sites for hydroxylation is 1. The Hall–Kier alpha value is -0.990. The van der Waals surface area contributed by atoms with Gasteiger partial charge in [-0.1, -0.05) is 29.8 Å². The Balaban J connectivity index is 2.47. The van der Waals surface area contributed by atoms with Crippen molar-refractivity contribution >= 4 is 22.9 Å². The lowest BCUT2D eigenvalue weighted by molar-refractivity contribution is 0.415. The summed E-state index contributed by atoms with van der Waals surface area (Å²) in [4.78, 5) is 1.15. The zero-order valence-electron chi connectivity index (χ0n) is 9.29. The molecular weight excluding hydrogens is 240 g/mol. The number of alkyl halides is 1. The van der Waals surface area contributed by atoms with Crippen LogP contribution in [-0.2, 0) is 5.88 Å². The molecule has 2 aromatic rings. The van der Waals surface area contributed by atoms with Crippen LogP contribution >= 0.6 is 22.9 Å². The molecule has 3 heteroatoms. The summed E-state index contributed by atoms with van der Waals surface area (Å²) < 4.78 is 5.42. The van der Waals surface area contributed by atoms with Crippen LogP contribution in [0.3, 0.4) is 0 Å². The van der Waals surface area contributed by atoms with Crippen LogP contribution in [0.4, 0.5) is 0 Å². The highest BCUT2D eigenvalue weighted by atomic mass is 35.5. The molecule has 0 aliphatic carbocycles. The van der Waals surface area contributed by atoms with Crippen molar-refractivity contribution in [3.8, 4) is 16.2 Å². The van der Waals surface area contributed by atoms with Gasteiger partial charge in [0.1, 0.15) is 5.75 Å². The van der Waals surface area contributed by atoms with Crippen molar-refractivity contribution in [2.75, 3.05) is 7.11 Å². The van der Waals surface area contributed by atoms with Crippen LogP contribution in [0.1, 0.15) is 11.1 Å². The van der Waals surface area contributed by atoms with Gasteiger partial charge in [0.2, 0.25) is 0 Å². The number of benzene rings is 1. The second kappa shape index (κ2) is 4.89. The van der Waals surface area contributed by atoms with Crippen LogP contribution in [0, 0.1) is 6.92 Å². The third kappa shape index (κ3) is 2.08. The second-order valence-corrected chi connectivity index (χ2v) is 4.77. The van der Waals surface area contributed by atoms with Crippen molar-refractivity contribution in [1.29, 1.82) is 0 Å². The van der Waals surface area contributed by atoms with E-state index in [1.807, 2.05) is 0 Å². The highest BCUT2D eigenvalue weighted by Gasteiger charge is 2.12. The molecule has 0 saturated carbocycles. The summed E-state index contributed by atoms with van der Waals surface area (Å²) in [6.07, 6.45) is 0. The first-order chi connectivity index (χ1) is 7.76. The van der Waals surface area contributed by atoms with Crippen molar-refractivity contribution < 1.29 is 4.74 Å². The molecule has 0 spiro atoms. The molecule has 0 bridgehead atoms. The minimum atomic E-state index is 0.492. The van der Waals surface area contributed by atoms with Crippen LogP contribution in [0.5, 0.6) is 5.75 Å². The van der Waals surface area contributed by atoms with E-state index in [1.54, 1.807) is 18.4 Å². The Morgan fingerprint density at radius 1 is 1.25 bits per heavy atom. The van der Waals surface area contributed by atoms with Crippen LogP contribution in [0.2, 0.25) is 0 Å². The van der Waals surface area contributed by atoms with Gasteiger partial charge in [0.15, 0.2) is 0 Å².